The van der Waals surface area contributed by atoms with Gasteiger partial charge in [0.1, 0.15) is 0 Å². The topological polar surface area (TPSA) is 0 Å². The minimum Gasteiger partial charge on any atom is -0.0654 e. The van der Waals surface area contributed by atoms with Crippen LogP contribution in [0.15, 0.2) is 30.3 Å². The van der Waals surface area contributed by atoms with Crippen LogP contribution in [0.1, 0.15) is 32.3 Å². The van der Waals surface area contributed by atoms with Crippen LogP contribution in [0, 0.1) is 5.92 Å². The highest BCUT2D eigenvalue weighted by molar-refractivity contribution is 5.28. The summed E-state index contributed by atoms with van der Waals surface area (Å²) in [6, 6.07) is 10.6. The van der Waals surface area contributed by atoms with Crippen molar-refractivity contribution in [3.63, 3.8) is 0 Å². The molecule has 0 fully saturated rings. The van der Waals surface area contributed by atoms with Gasteiger partial charge >= 0.3 is 0 Å². The van der Waals surface area contributed by atoms with E-state index in [9.17, 15) is 0 Å². The van der Waals surface area contributed by atoms with Crippen molar-refractivity contribution in [1.82, 2.24) is 0 Å². The Balaban J connectivity index is 2.61. The van der Waals surface area contributed by atoms with Gasteiger partial charge in [-0.05, 0) is 12.0 Å². The van der Waals surface area contributed by atoms with Crippen LogP contribution in [0.2, 0.25) is 0 Å². The highest BCUT2D eigenvalue weighted by Crippen LogP contribution is 2.18. The van der Waals surface area contributed by atoms with Crippen LogP contribution in [-0.2, 0) is 0 Å². The van der Waals surface area contributed by atoms with Crippen molar-refractivity contribution in [2.24, 2.45) is 0 Å². The summed E-state index contributed by atoms with van der Waals surface area (Å²) in [5.41, 5.74) is 1.38. The number of benzene rings is 1. The first-order valence-corrected chi connectivity index (χ1v) is 4.22. The lowest BCUT2D eigenvalue weighted by Crippen LogP contribution is -1.92. The molecule has 0 aliphatic rings. The molecule has 0 aliphatic heterocycles. The van der Waals surface area contributed by atoms with Crippen molar-refractivity contribution in [2.45, 2.75) is 26.7 Å². The summed E-state index contributed by atoms with van der Waals surface area (Å²) >= 11 is 0. The van der Waals surface area contributed by atoms with Crippen LogP contribution in [0.5, 0.6) is 0 Å². The Labute approximate surface area is 69.3 Å². The SMILES string of the molecule is CCC[C](C)c1ccccc1. The molecule has 0 bridgehead atoms. The molecule has 0 N–H and O–H groups in total. The molecule has 0 aliphatic carbocycles. The third kappa shape index (κ3) is 2.38. The van der Waals surface area contributed by atoms with Gasteiger partial charge in [0.15, 0.2) is 0 Å². The second kappa shape index (κ2) is 4.17. The fraction of sp³-hybridized carbons (Fsp3) is 0.364. The van der Waals surface area contributed by atoms with E-state index >= 15 is 0 Å². The molecule has 0 heterocycles. The van der Waals surface area contributed by atoms with Crippen molar-refractivity contribution in [3.05, 3.63) is 41.8 Å². The molecule has 1 radical (unpaired) electrons. The Bertz CT molecular complexity index is 188. The maximum Gasteiger partial charge on any atom is 0.00188 e. The summed E-state index contributed by atoms with van der Waals surface area (Å²) in [4.78, 5) is 0. The van der Waals surface area contributed by atoms with Crippen molar-refractivity contribution < 1.29 is 0 Å². The average molecular weight is 147 g/mol. The Morgan fingerprint density at radius 3 is 2.36 bits per heavy atom. The van der Waals surface area contributed by atoms with Gasteiger partial charge in [-0.3, -0.25) is 0 Å². The zero-order chi connectivity index (χ0) is 8.10. The number of hydrogen-bond donors (Lipinski definition) is 0. The van der Waals surface area contributed by atoms with Gasteiger partial charge in [-0.1, -0.05) is 50.6 Å². The lowest BCUT2D eigenvalue weighted by atomic mass is 9.97. The summed E-state index contributed by atoms with van der Waals surface area (Å²) in [6.07, 6.45) is 2.45. The Kier molecular flexibility index (Phi) is 3.15. The largest absolute Gasteiger partial charge is 0.0654 e. The standard InChI is InChI=1S/C11H15/c1-3-7-10(2)11-8-5-4-6-9-11/h4-6,8-9H,3,7H2,1-2H3. The minimum atomic E-state index is 1.21. The predicted octanol–water partition coefficient (Wildman–Crippen LogP) is 3.43. The Morgan fingerprint density at radius 1 is 1.18 bits per heavy atom. The van der Waals surface area contributed by atoms with E-state index in [1.54, 1.807) is 0 Å². The van der Waals surface area contributed by atoms with E-state index < -0.39 is 0 Å². The molecule has 0 unspecified atom stereocenters. The van der Waals surface area contributed by atoms with Gasteiger partial charge in [-0.25, -0.2) is 0 Å². The molecule has 0 amide bonds. The van der Waals surface area contributed by atoms with E-state index in [1.165, 1.54) is 24.3 Å². The first-order valence-electron chi connectivity index (χ1n) is 4.22. The molecule has 1 rings (SSSR count). The van der Waals surface area contributed by atoms with Gasteiger partial charge in [-0.2, -0.15) is 0 Å². The van der Waals surface area contributed by atoms with Gasteiger partial charge in [0.05, 0.1) is 0 Å². The van der Waals surface area contributed by atoms with Crippen LogP contribution in [-0.4, -0.2) is 0 Å². The lowest BCUT2D eigenvalue weighted by Gasteiger charge is -2.08. The quantitative estimate of drug-likeness (QED) is 0.614. The molecule has 0 aromatic heterocycles. The first-order chi connectivity index (χ1) is 5.34. The van der Waals surface area contributed by atoms with E-state index in [4.69, 9.17) is 0 Å². The van der Waals surface area contributed by atoms with Crippen molar-refractivity contribution in [3.8, 4) is 0 Å². The maximum atomic E-state index is 2.21. The first kappa shape index (κ1) is 8.32. The lowest BCUT2D eigenvalue weighted by molar-refractivity contribution is 0.828. The maximum absolute atomic E-state index is 2.21. The Morgan fingerprint density at radius 2 is 1.82 bits per heavy atom. The normalized spacial score (nSPS) is 10.5. The summed E-state index contributed by atoms with van der Waals surface area (Å²) in [7, 11) is 0. The fourth-order valence-electron chi connectivity index (χ4n) is 1.24. The monoisotopic (exact) mass is 147 g/mol. The van der Waals surface area contributed by atoms with Gasteiger partial charge in [0, 0.05) is 5.92 Å². The van der Waals surface area contributed by atoms with Crippen LogP contribution < -0.4 is 0 Å². The van der Waals surface area contributed by atoms with E-state index in [2.05, 4.69) is 44.2 Å². The third-order valence-corrected chi connectivity index (χ3v) is 1.89. The van der Waals surface area contributed by atoms with E-state index in [1.807, 2.05) is 0 Å². The van der Waals surface area contributed by atoms with Crippen molar-refractivity contribution in [2.75, 3.05) is 0 Å². The van der Waals surface area contributed by atoms with E-state index in [0.29, 0.717) is 0 Å². The summed E-state index contributed by atoms with van der Waals surface area (Å²) in [5.74, 6) is 1.49. The molecular weight excluding hydrogens is 132 g/mol. The van der Waals surface area contributed by atoms with E-state index in [-0.39, 0.29) is 0 Å². The predicted molar refractivity (Wildman–Crippen MR) is 49.4 cm³/mol. The zero-order valence-corrected chi connectivity index (χ0v) is 7.30. The molecule has 59 valence electrons. The van der Waals surface area contributed by atoms with Crippen molar-refractivity contribution in [1.29, 1.82) is 0 Å². The zero-order valence-electron chi connectivity index (χ0n) is 7.30. The van der Waals surface area contributed by atoms with Gasteiger partial charge < -0.3 is 0 Å². The molecule has 11 heavy (non-hydrogen) atoms. The second-order valence-corrected chi connectivity index (χ2v) is 2.90. The molecule has 0 atom stereocenters. The molecule has 0 saturated heterocycles. The van der Waals surface area contributed by atoms with Crippen LogP contribution in [0.3, 0.4) is 0 Å². The van der Waals surface area contributed by atoms with Gasteiger partial charge in [0.25, 0.3) is 0 Å². The van der Waals surface area contributed by atoms with Crippen LogP contribution in [0.25, 0.3) is 0 Å². The van der Waals surface area contributed by atoms with Crippen LogP contribution >= 0.6 is 0 Å². The smallest absolute Gasteiger partial charge is 0.00188 e. The highest BCUT2D eigenvalue weighted by atomic mass is 14.1. The average Bonchev–Trinajstić information content (AvgIpc) is 2.07. The van der Waals surface area contributed by atoms with Crippen LogP contribution in [0.4, 0.5) is 0 Å². The van der Waals surface area contributed by atoms with Gasteiger partial charge in [0.2, 0.25) is 0 Å². The molecule has 1 aromatic rings. The number of hydrogen-bond acceptors (Lipinski definition) is 0. The second-order valence-electron chi connectivity index (χ2n) is 2.90. The molecule has 0 spiro atoms. The van der Waals surface area contributed by atoms with Gasteiger partial charge in [-0.15, -0.1) is 0 Å². The Hall–Kier alpha value is -0.780. The summed E-state index contributed by atoms with van der Waals surface area (Å²) in [5, 5.41) is 0. The molecular formula is C11H15. The highest BCUT2D eigenvalue weighted by Gasteiger charge is 2.02. The summed E-state index contributed by atoms with van der Waals surface area (Å²) < 4.78 is 0. The van der Waals surface area contributed by atoms with E-state index in [0.717, 1.165) is 0 Å². The molecule has 1 aromatic carbocycles. The summed E-state index contributed by atoms with van der Waals surface area (Å²) in [6.45, 7) is 4.42. The molecule has 0 nitrogen and oxygen atoms in total. The number of rotatable bonds is 3. The third-order valence-electron chi connectivity index (χ3n) is 1.89. The molecule has 0 heteroatoms. The minimum absolute atomic E-state index is 1.21. The molecule has 0 saturated carbocycles. The fourth-order valence-corrected chi connectivity index (χ4v) is 1.24. The van der Waals surface area contributed by atoms with Crippen molar-refractivity contribution >= 4 is 0 Å².